The van der Waals surface area contributed by atoms with Gasteiger partial charge >= 0.3 is 6.09 Å². The van der Waals surface area contributed by atoms with Crippen LogP contribution in [0.25, 0.3) is 0 Å². The summed E-state index contributed by atoms with van der Waals surface area (Å²) in [7, 11) is 0. The monoisotopic (exact) mass is 323 g/mol. The Kier molecular flexibility index (Phi) is 5.85. The molecule has 0 bridgehead atoms. The fourth-order valence-electron chi connectivity index (χ4n) is 2.71. The van der Waals surface area contributed by atoms with E-state index in [0.717, 1.165) is 32.2 Å². The SMILES string of the molecule is CC(C)(C)OC(=O)N1CCCCC1CCOc1ccc(F)cc1. The predicted octanol–water partition coefficient (Wildman–Crippen LogP) is 4.38. The van der Waals surface area contributed by atoms with Crippen LogP contribution in [-0.2, 0) is 4.74 Å². The largest absolute Gasteiger partial charge is 0.494 e. The second-order valence-corrected chi connectivity index (χ2v) is 6.91. The summed E-state index contributed by atoms with van der Waals surface area (Å²) in [5, 5.41) is 0. The van der Waals surface area contributed by atoms with E-state index in [-0.39, 0.29) is 18.0 Å². The van der Waals surface area contributed by atoms with Gasteiger partial charge in [0.2, 0.25) is 0 Å². The van der Waals surface area contributed by atoms with Crippen molar-refractivity contribution in [1.29, 1.82) is 0 Å². The minimum atomic E-state index is -0.482. The van der Waals surface area contributed by atoms with Gasteiger partial charge in [0.1, 0.15) is 17.2 Å². The van der Waals surface area contributed by atoms with Crippen molar-refractivity contribution in [2.75, 3.05) is 13.2 Å². The van der Waals surface area contributed by atoms with Gasteiger partial charge in [-0.25, -0.2) is 9.18 Å². The summed E-state index contributed by atoms with van der Waals surface area (Å²) < 4.78 is 24.0. The molecule has 2 rings (SSSR count). The second-order valence-electron chi connectivity index (χ2n) is 6.91. The Bertz CT molecular complexity index is 510. The number of piperidine rings is 1. The van der Waals surface area contributed by atoms with Gasteiger partial charge < -0.3 is 14.4 Å². The number of likely N-dealkylation sites (tertiary alicyclic amines) is 1. The van der Waals surface area contributed by atoms with E-state index in [1.807, 2.05) is 25.7 Å². The molecule has 1 aromatic carbocycles. The first-order valence-corrected chi connectivity index (χ1v) is 8.23. The molecule has 4 nitrogen and oxygen atoms in total. The van der Waals surface area contributed by atoms with Crippen LogP contribution in [0.15, 0.2) is 24.3 Å². The summed E-state index contributed by atoms with van der Waals surface area (Å²) >= 11 is 0. The predicted molar refractivity (Wildman–Crippen MR) is 87.1 cm³/mol. The van der Waals surface area contributed by atoms with Gasteiger partial charge in [-0.3, -0.25) is 0 Å². The number of hydrogen-bond donors (Lipinski definition) is 0. The number of amides is 1. The van der Waals surface area contributed by atoms with Crippen molar-refractivity contribution in [3.05, 3.63) is 30.1 Å². The van der Waals surface area contributed by atoms with Crippen LogP contribution in [0.2, 0.25) is 0 Å². The number of ether oxygens (including phenoxy) is 2. The molecule has 23 heavy (non-hydrogen) atoms. The van der Waals surface area contributed by atoms with Crippen molar-refractivity contribution in [3.63, 3.8) is 0 Å². The molecular formula is C18H26FNO3. The lowest BCUT2D eigenvalue weighted by Crippen LogP contribution is -2.46. The van der Waals surface area contributed by atoms with E-state index in [1.165, 1.54) is 12.1 Å². The maximum absolute atomic E-state index is 12.9. The molecule has 128 valence electrons. The number of nitrogens with zero attached hydrogens (tertiary/aromatic N) is 1. The molecule has 1 aromatic rings. The molecule has 0 radical (unpaired) electrons. The Hall–Kier alpha value is -1.78. The molecule has 5 heteroatoms. The Labute approximate surface area is 137 Å². The van der Waals surface area contributed by atoms with E-state index in [1.54, 1.807) is 12.1 Å². The summed E-state index contributed by atoms with van der Waals surface area (Å²) in [5.41, 5.74) is -0.482. The first-order valence-electron chi connectivity index (χ1n) is 8.23. The van der Waals surface area contributed by atoms with Crippen LogP contribution in [-0.4, -0.2) is 35.8 Å². The Morgan fingerprint density at radius 1 is 1.26 bits per heavy atom. The highest BCUT2D eigenvalue weighted by atomic mass is 19.1. The van der Waals surface area contributed by atoms with Crippen LogP contribution >= 0.6 is 0 Å². The Balaban J connectivity index is 1.86. The van der Waals surface area contributed by atoms with E-state index in [0.29, 0.717) is 12.4 Å². The van der Waals surface area contributed by atoms with Crippen molar-refractivity contribution in [2.45, 2.75) is 58.1 Å². The Morgan fingerprint density at radius 3 is 2.61 bits per heavy atom. The van der Waals surface area contributed by atoms with Crippen LogP contribution in [0.3, 0.4) is 0 Å². The molecule has 1 atom stereocenters. The summed E-state index contributed by atoms with van der Waals surface area (Å²) in [5.74, 6) is 0.367. The fourth-order valence-corrected chi connectivity index (χ4v) is 2.71. The van der Waals surface area contributed by atoms with E-state index >= 15 is 0 Å². The van der Waals surface area contributed by atoms with Crippen molar-refractivity contribution in [3.8, 4) is 5.75 Å². The second kappa shape index (κ2) is 7.66. The van der Waals surface area contributed by atoms with Crippen LogP contribution in [0, 0.1) is 5.82 Å². The van der Waals surface area contributed by atoms with Gasteiger partial charge in [0.05, 0.1) is 6.61 Å². The molecule has 1 aliphatic heterocycles. The lowest BCUT2D eigenvalue weighted by Gasteiger charge is -2.36. The molecule has 0 saturated carbocycles. The number of carbonyl (C=O) groups excluding carboxylic acids is 1. The minimum Gasteiger partial charge on any atom is -0.494 e. The molecule has 0 aliphatic carbocycles. The minimum absolute atomic E-state index is 0.138. The molecule has 1 fully saturated rings. The van der Waals surface area contributed by atoms with E-state index in [9.17, 15) is 9.18 Å². The van der Waals surface area contributed by atoms with Crippen molar-refractivity contribution in [1.82, 2.24) is 4.90 Å². The number of hydrogen-bond acceptors (Lipinski definition) is 3. The van der Waals surface area contributed by atoms with Crippen molar-refractivity contribution < 1.29 is 18.7 Å². The van der Waals surface area contributed by atoms with Gasteiger partial charge in [0, 0.05) is 19.0 Å². The van der Waals surface area contributed by atoms with Crippen molar-refractivity contribution >= 4 is 6.09 Å². The van der Waals surface area contributed by atoms with Gasteiger partial charge in [-0.2, -0.15) is 0 Å². The van der Waals surface area contributed by atoms with Gasteiger partial charge in [-0.1, -0.05) is 0 Å². The van der Waals surface area contributed by atoms with Crippen molar-refractivity contribution in [2.24, 2.45) is 0 Å². The lowest BCUT2D eigenvalue weighted by atomic mass is 10.0. The third-order valence-corrected chi connectivity index (χ3v) is 3.79. The molecular weight excluding hydrogens is 297 g/mol. The standard InChI is InChI=1S/C18H26FNO3/c1-18(2,3)23-17(21)20-12-5-4-6-15(20)11-13-22-16-9-7-14(19)8-10-16/h7-10,15H,4-6,11-13H2,1-3H3. The highest BCUT2D eigenvalue weighted by Gasteiger charge is 2.30. The Morgan fingerprint density at radius 2 is 1.96 bits per heavy atom. The maximum atomic E-state index is 12.9. The summed E-state index contributed by atoms with van der Waals surface area (Å²) in [6.45, 7) is 6.86. The number of carbonyl (C=O) groups is 1. The average Bonchev–Trinajstić information content (AvgIpc) is 2.48. The fraction of sp³-hybridized carbons (Fsp3) is 0.611. The van der Waals surface area contributed by atoms with Gasteiger partial charge in [0.15, 0.2) is 0 Å². The summed E-state index contributed by atoms with van der Waals surface area (Å²) in [6.07, 6.45) is 3.58. The zero-order valence-corrected chi connectivity index (χ0v) is 14.2. The zero-order valence-electron chi connectivity index (χ0n) is 14.2. The first-order chi connectivity index (χ1) is 10.8. The van der Waals surface area contributed by atoms with E-state index in [4.69, 9.17) is 9.47 Å². The third kappa shape index (κ3) is 5.73. The maximum Gasteiger partial charge on any atom is 0.410 e. The molecule has 0 N–H and O–H groups in total. The third-order valence-electron chi connectivity index (χ3n) is 3.79. The number of rotatable bonds is 4. The highest BCUT2D eigenvalue weighted by molar-refractivity contribution is 5.68. The molecule has 1 unspecified atom stereocenters. The van der Waals surface area contributed by atoms with Gasteiger partial charge in [-0.05, 0) is 64.3 Å². The summed E-state index contributed by atoms with van der Waals surface area (Å²) in [4.78, 5) is 14.1. The quantitative estimate of drug-likeness (QED) is 0.825. The van der Waals surface area contributed by atoms with Crippen LogP contribution in [0.4, 0.5) is 9.18 Å². The van der Waals surface area contributed by atoms with Crippen LogP contribution in [0.5, 0.6) is 5.75 Å². The molecule has 1 aliphatic rings. The smallest absolute Gasteiger partial charge is 0.410 e. The van der Waals surface area contributed by atoms with E-state index in [2.05, 4.69) is 0 Å². The van der Waals surface area contributed by atoms with Gasteiger partial charge in [0.25, 0.3) is 0 Å². The van der Waals surface area contributed by atoms with Crippen LogP contribution < -0.4 is 4.74 Å². The molecule has 1 amide bonds. The molecule has 1 heterocycles. The highest BCUT2D eigenvalue weighted by Crippen LogP contribution is 2.23. The number of benzene rings is 1. The normalized spacial score (nSPS) is 18.6. The van der Waals surface area contributed by atoms with Gasteiger partial charge in [-0.15, -0.1) is 0 Å². The molecule has 0 spiro atoms. The zero-order chi connectivity index (χ0) is 16.9. The lowest BCUT2D eigenvalue weighted by molar-refractivity contribution is 0.00743. The van der Waals surface area contributed by atoms with Crippen LogP contribution in [0.1, 0.15) is 46.5 Å². The van der Waals surface area contributed by atoms with E-state index < -0.39 is 5.60 Å². The topological polar surface area (TPSA) is 38.8 Å². The summed E-state index contributed by atoms with van der Waals surface area (Å²) in [6, 6.07) is 6.12. The number of halogens is 1. The first kappa shape index (κ1) is 17.6. The molecule has 1 saturated heterocycles. The molecule has 0 aromatic heterocycles. The average molecular weight is 323 g/mol.